The number of aliphatic hydroxyl groups excluding tert-OH is 1. The molecule has 138 valence electrons. The van der Waals surface area contributed by atoms with E-state index in [9.17, 15) is 9.90 Å². The van der Waals surface area contributed by atoms with Crippen LogP contribution in [0.4, 0.5) is 0 Å². The Hall–Kier alpha value is -2.66. The van der Waals surface area contributed by atoms with Crippen molar-refractivity contribution in [1.82, 2.24) is 14.9 Å². The maximum absolute atomic E-state index is 13.3. The molecule has 5 nitrogen and oxygen atoms in total. The van der Waals surface area contributed by atoms with Crippen LogP contribution in [0.2, 0.25) is 0 Å². The minimum absolute atomic E-state index is 0.0663. The van der Waals surface area contributed by atoms with Crippen LogP contribution in [-0.2, 0) is 13.0 Å². The number of hydrogen-bond donors (Lipinski definition) is 2. The third-order valence-electron chi connectivity index (χ3n) is 6.24. The van der Waals surface area contributed by atoms with E-state index in [0.717, 1.165) is 48.8 Å². The van der Waals surface area contributed by atoms with Gasteiger partial charge in [0.25, 0.3) is 5.91 Å². The molecule has 2 atom stereocenters. The minimum Gasteiger partial charge on any atom is -0.392 e. The van der Waals surface area contributed by atoms with Crippen molar-refractivity contribution in [3.8, 4) is 0 Å². The molecule has 2 N–H and O–H groups in total. The normalized spacial score (nSPS) is 21.7. The second-order valence-electron chi connectivity index (χ2n) is 7.64. The molecule has 1 fully saturated rings. The van der Waals surface area contributed by atoms with E-state index in [2.05, 4.69) is 20.9 Å². The number of aromatic nitrogens is 2. The Morgan fingerprint density at radius 2 is 2.19 bits per heavy atom. The molecule has 0 spiro atoms. The van der Waals surface area contributed by atoms with E-state index in [1.807, 2.05) is 30.3 Å². The van der Waals surface area contributed by atoms with Gasteiger partial charge in [-0.25, -0.2) is 4.98 Å². The van der Waals surface area contributed by atoms with Crippen LogP contribution in [0.5, 0.6) is 0 Å². The van der Waals surface area contributed by atoms with E-state index in [4.69, 9.17) is 0 Å². The number of benzene rings is 2. The molecule has 3 aromatic rings. The van der Waals surface area contributed by atoms with Gasteiger partial charge in [-0.2, -0.15) is 0 Å². The zero-order chi connectivity index (χ0) is 18.4. The Morgan fingerprint density at radius 3 is 3.07 bits per heavy atom. The van der Waals surface area contributed by atoms with Crippen LogP contribution in [-0.4, -0.2) is 38.5 Å². The van der Waals surface area contributed by atoms with Crippen molar-refractivity contribution in [2.24, 2.45) is 0 Å². The first-order chi connectivity index (χ1) is 13.3. The van der Waals surface area contributed by atoms with Gasteiger partial charge in [-0.3, -0.25) is 4.79 Å². The summed E-state index contributed by atoms with van der Waals surface area (Å²) in [4.78, 5) is 22.7. The molecule has 1 amide bonds. The molecule has 1 aromatic heterocycles. The molecule has 5 heteroatoms. The van der Waals surface area contributed by atoms with Crippen molar-refractivity contribution in [2.45, 2.75) is 44.2 Å². The van der Waals surface area contributed by atoms with Crippen LogP contribution in [0.15, 0.2) is 42.7 Å². The number of nitrogens with one attached hydrogen (secondary N) is 1. The van der Waals surface area contributed by atoms with Gasteiger partial charge in [-0.05, 0) is 60.6 Å². The van der Waals surface area contributed by atoms with Crippen molar-refractivity contribution < 1.29 is 9.90 Å². The monoisotopic (exact) mass is 361 g/mol. The molecular weight excluding hydrogens is 338 g/mol. The molecule has 0 saturated carbocycles. The van der Waals surface area contributed by atoms with E-state index in [-0.39, 0.29) is 18.6 Å². The number of fused-ring (bicyclic) bond motifs is 4. The topological polar surface area (TPSA) is 69.2 Å². The van der Waals surface area contributed by atoms with Crippen molar-refractivity contribution >= 4 is 16.9 Å². The van der Waals surface area contributed by atoms with Gasteiger partial charge >= 0.3 is 0 Å². The van der Waals surface area contributed by atoms with Crippen molar-refractivity contribution in [2.75, 3.05) is 6.54 Å². The Morgan fingerprint density at radius 1 is 1.26 bits per heavy atom. The summed E-state index contributed by atoms with van der Waals surface area (Å²) in [6, 6.07) is 12.1. The molecule has 1 aliphatic carbocycles. The third kappa shape index (κ3) is 2.65. The van der Waals surface area contributed by atoms with Crippen LogP contribution in [0.25, 0.3) is 11.0 Å². The summed E-state index contributed by atoms with van der Waals surface area (Å²) in [7, 11) is 0. The zero-order valence-electron chi connectivity index (χ0n) is 15.2. The first-order valence-corrected chi connectivity index (χ1v) is 9.72. The Bertz CT molecular complexity index is 995. The lowest BCUT2D eigenvalue weighted by atomic mass is 9.72. The van der Waals surface area contributed by atoms with Gasteiger partial charge in [0.05, 0.1) is 24.0 Å². The summed E-state index contributed by atoms with van der Waals surface area (Å²) in [5.41, 5.74) is 6.14. The number of aryl methyl sites for hydroxylation is 1. The number of amides is 1. The zero-order valence-corrected chi connectivity index (χ0v) is 15.2. The number of likely N-dealkylation sites (tertiary alicyclic amines) is 1. The number of H-pyrrole nitrogens is 1. The van der Waals surface area contributed by atoms with Gasteiger partial charge in [-0.1, -0.05) is 18.2 Å². The Balaban J connectivity index is 1.50. The summed E-state index contributed by atoms with van der Waals surface area (Å²) < 4.78 is 0. The van der Waals surface area contributed by atoms with Crippen LogP contribution >= 0.6 is 0 Å². The second kappa shape index (κ2) is 6.50. The highest BCUT2D eigenvalue weighted by Crippen LogP contribution is 2.42. The first kappa shape index (κ1) is 16.5. The summed E-state index contributed by atoms with van der Waals surface area (Å²) in [5, 5.41) is 9.83. The molecule has 0 radical (unpaired) electrons. The quantitative estimate of drug-likeness (QED) is 0.735. The lowest BCUT2D eigenvalue weighted by molar-refractivity contribution is 0.0545. The number of rotatable bonds is 2. The van der Waals surface area contributed by atoms with Crippen molar-refractivity contribution in [3.63, 3.8) is 0 Å². The van der Waals surface area contributed by atoms with Gasteiger partial charge in [0.15, 0.2) is 0 Å². The number of piperidine rings is 1. The Kier molecular flexibility index (Phi) is 3.97. The summed E-state index contributed by atoms with van der Waals surface area (Å²) >= 11 is 0. The van der Waals surface area contributed by atoms with Gasteiger partial charge < -0.3 is 15.0 Å². The minimum atomic E-state index is 0.0663. The fraction of sp³-hybridized carbons (Fsp3) is 0.364. The first-order valence-electron chi connectivity index (χ1n) is 9.72. The van der Waals surface area contributed by atoms with Crippen molar-refractivity contribution in [3.05, 3.63) is 65.0 Å². The van der Waals surface area contributed by atoms with Gasteiger partial charge in [-0.15, -0.1) is 0 Å². The van der Waals surface area contributed by atoms with Gasteiger partial charge in [0, 0.05) is 24.1 Å². The maximum Gasteiger partial charge on any atom is 0.254 e. The Labute approximate surface area is 158 Å². The summed E-state index contributed by atoms with van der Waals surface area (Å²) in [6.07, 6.45) is 5.69. The van der Waals surface area contributed by atoms with Gasteiger partial charge in [0.2, 0.25) is 0 Å². The lowest BCUT2D eigenvalue weighted by Crippen LogP contribution is -2.49. The molecule has 1 saturated heterocycles. The highest BCUT2D eigenvalue weighted by Gasteiger charge is 2.39. The molecule has 5 rings (SSSR count). The molecular formula is C22H23N3O2. The number of aliphatic hydroxyl groups is 1. The fourth-order valence-corrected chi connectivity index (χ4v) is 5.04. The molecule has 0 unspecified atom stereocenters. The number of aromatic amines is 1. The van der Waals surface area contributed by atoms with E-state index in [0.29, 0.717) is 11.5 Å². The number of hydrogen-bond acceptors (Lipinski definition) is 3. The predicted molar refractivity (Wildman–Crippen MR) is 104 cm³/mol. The summed E-state index contributed by atoms with van der Waals surface area (Å²) in [6.45, 7) is 0.870. The predicted octanol–water partition coefficient (Wildman–Crippen LogP) is 3.39. The maximum atomic E-state index is 13.3. The highest BCUT2D eigenvalue weighted by molar-refractivity contribution is 5.97. The number of imidazole rings is 1. The average molecular weight is 361 g/mol. The third-order valence-corrected chi connectivity index (χ3v) is 6.24. The highest BCUT2D eigenvalue weighted by atomic mass is 16.3. The van der Waals surface area contributed by atoms with Crippen LogP contribution < -0.4 is 0 Å². The van der Waals surface area contributed by atoms with Gasteiger partial charge in [0.1, 0.15) is 0 Å². The molecule has 1 aliphatic heterocycles. The van der Waals surface area contributed by atoms with E-state index in [1.54, 1.807) is 6.33 Å². The SMILES string of the molecule is O=C(c1ccc2nc[nH]c2c1)N1CCC[C@H]2c3c(CO)cccc3CC[C@H]21. The largest absolute Gasteiger partial charge is 0.392 e. The molecule has 0 bridgehead atoms. The molecule has 2 aliphatic rings. The van der Waals surface area contributed by atoms with Crippen LogP contribution in [0.3, 0.4) is 0 Å². The lowest BCUT2D eigenvalue weighted by Gasteiger charge is -2.45. The van der Waals surface area contributed by atoms with Crippen LogP contribution in [0, 0.1) is 0 Å². The number of carbonyl (C=O) groups is 1. The molecule has 2 aromatic carbocycles. The molecule has 2 heterocycles. The van der Waals surface area contributed by atoms with E-state index in [1.165, 1.54) is 11.1 Å². The van der Waals surface area contributed by atoms with Crippen LogP contribution in [0.1, 0.15) is 52.2 Å². The van der Waals surface area contributed by atoms with E-state index < -0.39 is 0 Å². The second-order valence-corrected chi connectivity index (χ2v) is 7.64. The number of carbonyl (C=O) groups excluding carboxylic acids is 1. The van der Waals surface area contributed by atoms with Crippen molar-refractivity contribution in [1.29, 1.82) is 0 Å². The molecule has 27 heavy (non-hydrogen) atoms. The fourth-order valence-electron chi connectivity index (χ4n) is 5.04. The standard InChI is InChI=1S/C22H23N3O2/c26-12-16-4-1-3-14-7-9-20-17(21(14)16)5-2-10-25(20)22(27)15-6-8-18-19(11-15)24-13-23-18/h1,3-4,6,8,11,13,17,20,26H,2,5,7,9-10,12H2,(H,23,24)/t17-,20-/m1/s1. The van der Waals surface area contributed by atoms with E-state index >= 15 is 0 Å². The summed E-state index contributed by atoms with van der Waals surface area (Å²) in [5.74, 6) is 0.428. The average Bonchev–Trinajstić information content (AvgIpc) is 3.20. The number of nitrogens with zero attached hydrogens (tertiary/aromatic N) is 2. The smallest absolute Gasteiger partial charge is 0.254 e.